The zero-order valence-electron chi connectivity index (χ0n) is 19.2. The van der Waals surface area contributed by atoms with E-state index in [0.717, 1.165) is 17.7 Å². The summed E-state index contributed by atoms with van der Waals surface area (Å²) in [6.45, 7) is 2.42. The van der Waals surface area contributed by atoms with E-state index in [9.17, 15) is 22.8 Å². The van der Waals surface area contributed by atoms with Gasteiger partial charge in [0.1, 0.15) is 23.2 Å². The van der Waals surface area contributed by atoms with Gasteiger partial charge in [0, 0.05) is 36.2 Å². The Morgan fingerprint density at radius 1 is 1.22 bits per heavy atom. The highest BCUT2D eigenvalue weighted by Gasteiger charge is 2.41. The molecule has 7 nitrogen and oxygen atoms in total. The molecular weight excluding hydrogens is 563 g/mol. The Labute approximate surface area is 217 Å². The van der Waals surface area contributed by atoms with E-state index in [2.05, 4.69) is 25.7 Å². The Morgan fingerprint density at radius 2 is 1.92 bits per heavy atom. The summed E-state index contributed by atoms with van der Waals surface area (Å²) in [6.07, 6.45) is -4.67. The van der Waals surface area contributed by atoms with Gasteiger partial charge in [0.25, 0.3) is 5.91 Å². The van der Waals surface area contributed by atoms with Gasteiger partial charge in [0.2, 0.25) is 5.91 Å². The fourth-order valence-corrected chi connectivity index (χ4v) is 5.57. The van der Waals surface area contributed by atoms with Gasteiger partial charge in [-0.15, -0.1) is 24.5 Å². The number of carbonyl (C=O) groups is 2. The topological polar surface area (TPSA) is 72.0 Å². The Bertz CT molecular complexity index is 1270. The number of aromatic nitrogens is 1. The molecule has 12 heteroatoms. The van der Waals surface area contributed by atoms with Gasteiger partial charge in [-0.25, -0.2) is 4.98 Å². The van der Waals surface area contributed by atoms with Gasteiger partial charge >= 0.3 is 6.36 Å². The van der Waals surface area contributed by atoms with Crippen molar-refractivity contribution in [1.82, 2.24) is 9.88 Å². The largest absolute Gasteiger partial charge is 0.573 e. The fraction of sp³-hybridized carbons (Fsp3) is 0.292. The van der Waals surface area contributed by atoms with Crippen molar-refractivity contribution in [2.24, 2.45) is 0 Å². The lowest BCUT2D eigenvalue weighted by Crippen LogP contribution is -2.46. The number of aryl methyl sites for hydroxylation is 1. The molecule has 2 amide bonds. The lowest BCUT2D eigenvalue weighted by Gasteiger charge is -2.29. The average Bonchev–Trinajstić information content (AvgIpc) is 3.34. The molecule has 0 aliphatic carbocycles. The first-order chi connectivity index (χ1) is 17.1. The molecule has 1 aliphatic rings. The second-order valence-corrected chi connectivity index (χ2v) is 10.5. The second kappa shape index (κ2) is 10.5. The summed E-state index contributed by atoms with van der Waals surface area (Å²) in [5.41, 5.74) is 1.05. The third kappa shape index (κ3) is 5.81. The number of methoxy groups -OCH3 is 1. The minimum Gasteiger partial charge on any atom is -0.497 e. The molecule has 2 aromatic carbocycles. The monoisotopic (exact) mass is 583 g/mol. The normalized spacial score (nSPS) is 15.8. The van der Waals surface area contributed by atoms with Crippen LogP contribution in [0.25, 0.3) is 0 Å². The molecule has 3 aromatic rings. The van der Waals surface area contributed by atoms with Crippen LogP contribution in [0.2, 0.25) is 0 Å². The molecule has 0 spiro atoms. The van der Waals surface area contributed by atoms with Crippen LogP contribution in [0.15, 0.2) is 52.4 Å². The highest BCUT2D eigenvalue weighted by molar-refractivity contribution is 9.11. The molecule has 0 bridgehead atoms. The molecule has 0 saturated carbocycles. The van der Waals surface area contributed by atoms with Crippen molar-refractivity contribution < 1.29 is 32.2 Å². The zero-order valence-corrected chi connectivity index (χ0v) is 21.6. The molecule has 1 aliphatic heterocycles. The molecule has 1 unspecified atom stereocenters. The van der Waals surface area contributed by atoms with E-state index in [0.29, 0.717) is 21.9 Å². The Balaban J connectivity index is 1.75. The maximum absolute atomic E-state index is 13.7. The van der Waals surface area contributed by atoms with E-state index in [-0.39, 0.29) is 29.5 Å². The number of rotatable bonds is 7. The van der Waals surface area contributed by atoms with E-state index in [4.69, 9.17) is 4.74 Å². The van der Waals surface area contributed by atoms with E-state index >= 15 is 0 Å². The van der Waals surface area contributed by atoms with Crippen LogP contribution in [0, 0.1) is 6.92 Å². The number of alkyl halides is 3. The van der Waals surface area contributed by atoms with Crippen LogP contribution in [0.4, 0.5) is 18.9 Å². The maximum Gasteiger partial charge on any atom is 0.573 e. The summed E-state index contributed by atoms with van der Waals surface area (Å²) < 4.78 is 48.7. The maximum atomic E-state index is 13.7. The lowest BCUT2D eigenvalue weighted by molar-refractivity contribution is -0.274. The van der Waals surface area contributed by atoms with E-state index in [1.165, 1.54) is 29.4 Å². The summed E-state index contributed by atoms with van der Waals surface area (Å²) in [6, 6.07) is 12.0. The SMILES string of the molecule is COc1cc(OC(F)(F)F)cc(N(C(=O)c2nc(Br)sc2C)C2CCN(Cc3ccccc3)C2=O)c1. The zero-order chi connectivity index (χ0) is 26.0. The summed E-state index contributed by atoms with van der Waals surface area (Å²) in [7, 11) is 1.28. The number of thiazole rings is 1. The third-order valence-electron chi connectivity index (χ3n) is 5.60. The van der Waals surface area contributed by atoms with Crippen molar-refractivity contribution in [3.05, 3.63) is 68.6 Å². The quantitative estimate of drug-likeness (QED) is 0.363. The van der Waals surface area contributed by atoms with Crippen molar-refractivity contribution in [1.29, 1.82) is 0 Å². The predicted molar refractivity (Wildman–Crippen MR) is 131 cm³/mol. The molecule has 1 aromatic heterocycles. The molecule has 190 valence electrons. The number of amides is 2. The molecule has 36 heavy (non-hydrogen) atoms. The van der Waals surface area contributed by atoms with E-state index < -0.39 is 24.1 Å². The van der Waals surface area contributed by atoms with Crippen molar-refractivity contribution in [3.63, 3.8) is 0 Å². The number of likely N-dealkylation sites (tertiary alicyclic amines) is 1. The summed E-state index contributed by atoms with van der Waals surface area (Å²) in [5.74, 6) is -1.47. The van der Waals surface area contributed by atoms with Gasteiger partial charge in [0.15, 0.2) is 3.92 Å². The standard InChI is InChI=1S/C24H21BrF3N3O4S/c1-14-20(29-23(25)36-14)22(33)31(16-10-17(34-2)12-18(11-16)35-24(26,27)28)19-8-9-30(21(19)32)13-15-6-4-3-5-7-15/h3-7,10-12,19H,8-9,13H2,1-2H3. The van der Waals surface area contributed by atoms with Gasteiger partial charge in [-0.3, -0.25) is 14.5 Å². The van der Waals surface area contributed by atoms with Gasteiger partial charge in [-0.05, 0) is 34.8 Å². The summed E-state index contributed by atoms with van der Waals surface area (Å²) in [4.78, 5) is 34.9. The Kier molecular flexibility index (Phi) is 7.55. The first-order valence-corrected chi connectivity index (χ1v) is 12.4. The molecule has 0 radical (unpaired) electrons. The van der Waals surface area contributed by atoms with E-state index in [1.54, 1.807) is 11.8 Å². The number of anilines is 1. The van der Waals surface area contributed by atoms with Gasteiger partial charge < -0.3 is 14.4 Å². The Morgan fingerprint density at radius 3 is 2.53 bits per heavy atom. The smallest absolute Gasteiger partial charge is 0.497 e. The first-order valence-electron chi connectivity index (χ1n) is 10.8. The van der Waals surface area contributed by atoms with Gasteiger partial charge in [-0.1, -0.05) is 30.3 Å². The number of carbonyl (C=O) groups excluding carboxylic acids is 2. The van der Waals surface area contributed by atoms with Crippen LogP contribution in [-0.4, -0.2) is 47.8 Å². The number of hydrogen-bond acceptors (Lipinski definition) is 6. The van der Waals surface area contributed by atoms with Crippen LogP contribution in [-0.2, 0) is 11.3 Å². The van der Waals surface area contributed by atoms with Crippen LogP contribution in [0.5, 0.6) is 11.5 Å². The minimum absolute atomic E-state index is 0.0297. The first kappa shape index (κ1) is 26.0. The molecule has 1 fully saturated rings. The fourth-order valence-electron chi connectivity index (χ4n) is 4.04. The van der Waals surface area contributed by atoms with Crippen molar-refractivity contribution in [2.45, 2.75) is 32.3 Å². The van der Waals surface area contributed by atoms with E-state index in [1.807, 2.05) is 30.3 Å². The highest BCUT2D eigenvalue weighted by atomic mass is 79.9. The highest BCUT2D eigenvalue weighted by Crippen LogP contribution is 2.36. The molecule has 1 saturated heterocycles. The van der Waals surface area contributed by atoms with Crippen molar-refractivity contribution in [3.8, 4) is 11.5 Å². The number of nitrogens with zero attached hydrogens (tertiary/aromatic N) is 3. The number of halogens is 4. The lowest BCUT2D eigenvalue weighted by atomic mass is 10.1. The van der Waals surface area contributed by atoms with Crippen molar-refractivity contribution >= 4 is 44.8 Å². The van der Waals surface area contributed by atoms with Gasteiger partial charge in [-0.2, -0.15) is 0 Å². The molecule has 1 atom stereocenters. The van der Waals surface area contributed by atoms with Gasteiger partial charge in [0.05, 0.1) is 12.8 Å². The molecule has 0 N–H and O–H groups in total. The predicted octanol–water partition coefficient (Wildman–Crippen LogP) is 5.57. The van der Waals surface area contributed by atoms with Crippen LogP contribution < -0.4 is 14.4 Å². The molecule has 2 heterocycles. The van der Waals surface area contributed by atoms with Crippen LogP contribution in [0.1, 0.15) is 27.3 Å². The van der Waals surface area contributed by atoms with Crippen LogP contribution >= 0.6 is 27.3 Å². The van der Waals surface area contributed by atoms with Crippen molar-refractivity contribution in [2.75, 3.05) is 18.6 Å². The Hall–Kier alpha value is -3.12. The minimum atomic E-state index is -4.95. The molecular formula is C24H21BrF3N3O4S. The molecule has 4 rings (SSSR count). The number of ether oxygens (including phenoxy) is 2. The third-order valence-corrected chi connectivity index (χ3v) is 7.02. The summed E-state index contributed by atoms with van der Waals surface area (Å²) >= 11 is 4.50. The summed E-state index contributed by atoms with van der Waals surface area (Å²) in [5, 5.41) is 0. The number of benzene rings is 2. The second-order valence-electron chi connectivity index (χ2n) is 8.01. The number of hydrogen-bond donors (Lipinski definition) is 0. The van der Waals surface area contributed by atoms with Crippen LogP contribution in [0.3, 0.4) is 0 Å². The average molecular weight is 584 g/mol.